The number of nitrogens with one attached hydrogen (secondary N) is 1. The van der Waals surface area contributed by atoms with Crippen molar-refractivity contribution in [1.82, 2.24) is 20.1 Å². The van der Waals surface area contributed by atoms with Gasteiger partial charge in [-0.15, -0.1) is 5.10 Å². The summed E-state index contributed by atoms with van der Waals surface area (Å²) < 4.78 is 0. The Balaban J connectivity index is 2.09. The summed E-state index contributed by atoms with van der Waals surface area (Å²) in [6, 6.07) is 0. The van der Waals surface area contributed by atoms with E-state index in [2.05, 4.69) is 29.0 Å². The first-order valence-corrected chi connectivity index (χ1v) is 6.20. The Bertz CT molecular complexity index is 402. The van der Waals surface area contributed by atoms with Crippen molar-refractivity contribution in [3.8, 4) is 0 Å². The van der Waals surface area contributed by atoms with E-state index in [0.29, 0.717) is 17.7 Å². The second-order valence-electron chi connectivity index (χ2n) is 5.36. The van der Waals surface area contributed by atoms with Crippen LogP contribution in [0.1, 0.15) is 50.1 Å². The molecule has 5 heteroatoms. The van der Waals surface area contributed by atoms with Gasteiger partial charge < -0.3 is 4.90 Å². The number of carbonyl (C=O) groups is 1. The Kier molecular flexibility index (Phi) is 3.17. The minimum absolute atomic E-state index is 0.0515. The van der Waals surface area contributed by atoms with Gasteiger partial charge in [-0.25, -0.2) is 4.98 Å². The van der Waals surface area contributed by atoms with Crippen LogP contribution in [0.5, 0.6) is 0 Å². The number of nitrogens with zero attached hydrogens (tertiary/aromatic N) is 3. The first-order chi connectivity index (χ1) is 7.99. The van der Waals surface area contributed by atoms with Crippen LogP contribution in [0.4, 0.5) is 0 Å². The Morgan fingerprint density at radius 3 is 2.41 bits per heavy atom. The number of hydrogen-bond donors (Lipinski definition) is 1. The molecule has 2 heterocycles. The molecule has 0 spiro atoms. The average molecular weight is 236 g/mol. The summed E-state index contributed by atoms with van der Waals surface area (Å²) in [6.07, 6.45) is 0. The Morgan fingerprint density at radius 1 is 1.35 bits per heavy atom. The standard InChI is InChI=1S/C12H20N4O/c1-7(2)10-13-11(15-14-10)12(17)16-5-8(3)9(4)6-16/h7-9H,5-6H2,1-4H3,(H,13,14,15). The molecule has 1 aliphatic heterocycles. The van der Waals surface area contributed by atoms with Crippen LogP contribution >= 0.6 is 0 Å². The fourth-order valence-electron chi connectivity index (χ4n) is 2.07. The van der Waals surface area contributed by atoms with E-state index < -0.39 is 0 Å². The zero-order chi connectivity index (χ0) is 12.6. The van der Waals surface area contributed by atoms with E-state index in [-0.39, 0.29) is 11.8 Å². The maximum atomic E-state index is 12.2. The monoisotopic (exact) mass is 236 g/mol. The van der Waals surface area contributed by atoms with Gasteiger partial charge in [0.15, 0.2) is 0 Å². The minimum Gasteiger partial charge on any atom is -0.335 e. The second-order valence-corrected chi connectivity index (χ2v) is 5.36. The molecule has 1 N–H and O–H groups in total. The van der Waals surface area contributed by atoms with Crippen LogP contribution in [0.2, 0.25) is 0 Å². The van der Waals surface area contributed by atoms with Gasteiger partial charge in [0.25, 0.3) is 5.91 Å². The number of H-pyrrole nitrogens is 1. The number of rotatable bonds is 2. The first kappa shape index (κ1) is 12.1. The molecule has 1 aromatic rings. The van der Waals surface area contributed by atoms with Crippen molar-refractivity contribution < 1.29 is 4.79 Å². The lowest BCUT2D eigenvalue weighted by atomic mass is 10.0. The first-order valence-electron chi connectivity index (χ1n) is 6.20. The minimum atomic E-state index is -0.0515. The van der Waals surface area contributed by atoms with Crippen LogP contribution in [-0.4, -0.2) is 39.1 Å². The molecule has 0 radical (unpaired) electrons. The molecule has 1 amide bonds. The number of hydrogen-bond acceptors (Lipinski definition) is 3. The van der Waals surface area contributed by atoms with Crippen LogP contribution < -0.4 is 0 Å². The molecule has 1 aliphatic rings. The predicted octanol–water partition coefficient (Wildman–Crippen LogP) is 1.66. The summed E-state index contributed by atoms with van der Waals surface area (Å²) in [5.74, 6) is 2.40. The number of likely N-dealkylation sites (tertiary alicyclic amines) is 1. The summed E-state index contributed by atoms with van der Waals surface area (Å²) in [5, 5.41) is 6.83. The van der Waals surface area contributed by atoms with Gasteiger partial charge in [-0.05, 0) is 11.8 Å². The molecule has 5 nitrogen and oxygen atoms in total. The van der Waals surface area contributed by atoms with Crippen LogP contribution in [0.25, 0.3) is 0 Å². The number of aromatic nitrogens is 3. The Hall–Kier alpha value is -1.39. The molecular formula is C12H20N4O. The molecule has 2 unspecified atom stereocenters. The SMILES string of the molecule is CC(C)c1nc(C(=O)N2CC(C)C(C)C2)n[nH]1. The zero-order valence-corrected chi connectivity index (χ0v) is 10.9. The van der Waals surface area contributed by atoms with E-state index in [4.69, 9.17) is 0 Å². The number of aromatic amines is 1. The molecule has 2 rings (SSSR count). The van der Waals surface area contributed by atoms with Gasteiger partial charge in [0, 0.05) is 19.0 Å². The highest BCUT2D eigenvalue weighted by Crippen LogP contribution is 2.23. The molecule has 2 atom stereocenters. The zero-order valence-electron chi connectivity index (χ0n) is 10.9. The molecule has 0 aromatic carbocycles. The van der Waals surface area contributed by atoms with E-state index in [9.17, 15) is 4.79 Å². The summed E-state index contributed by atoms with van der Waals surface area (Å²) in [7, 11) is 0. The largest absolute Gasteiger partial charge is 0.335 e. The van der Waals surface area contributed by atoms with Gasteiger partial charge in [0.2, 0.25) is 5.82 Å². The molecule has 94 valence electrons. The third-order valence-corrected chi connectivity index (χ3v) is 3.52. The van der Waals surface area contributed by atoms with Crippen molar-refractivity contribution in [2.45, 2.75) is 33.6 Å². The highest BCUT2D eigenvalue weighted by Gasteiger charge is 2.31. The van der Waals surface area contributed by atoms with Gasteiger partial charge >= 0.3 is 0 Å². The van der Waals surface area contributed by atoms with Crippen LogP contribution in [0, 0.1) is 11.8 Å². The number of carbonyl (C=O) groups excluding carboxylic acids is 1. The maximum Gasteiger partial charge on any atom is 0.293 e. The fourth-order valence-corrected chi connectivity index (χ4v) is 2.07. The third kappa shape index (κ3) is 2.33. The molecule has 1 fully saturated rings. The topological polar surface area (TPSA) is 61.9 Å². The molecule has 0 bridgehead atoms. The molecule has 1 saturated heterocycles. The predicted molar refractivity (Wildman–Crippen MR) is 64.7 cm³/mol. The number of amides is 1. The van der Waals surface area contributed by atoms with Crippen molar-refractivity contribution in [2.24, 2.45) is 11.8 Å². The van der Waals surface area contributed by atoms with Gasteiger partial charge in [-0.3, -0.25) is 9.89 Å². The van der Waals surface area contributed by atoms with E-state index in [1.807, 2.05) is 18.7 Å². The lowest BCUT2D eigenvalue weighted by Gasteiger charge is -2.13. The lowest BCUT2D eigenvalue weighted by molar-refractivity contribution is 0.0773. The van der Waals surface area contributed by atoms with Crippen LogP contribution in [0.15, 0.2) is 0 Å². The second kappa shape index (κ2) is 4.47. The highest BCUT2D eigenvalue weighted by molar-refractivity contribution is 5.90. The van der Waals surface area contributed by atoms with Crippen molar-refractivity contribution in [3.05, 3.63) is 11.6 Å². The molecular weight excluding hydrogens is 216 g/mol. The fraction of sp³-hybridized carbons (Fsp3) is 0.750. The molecule has 0 aliphatic carbocycles. The van der Waals surface area contributed by atoms with Crippen LogP contribution in [0.3, 0.4) is 0 Å². The van der Waals surface area contributed by atoms with Gasteiger partial charge in [-0.1, -0.05) is 27.7 Å². The summed E-state index contributed by atoms with van der Waals surface area (Å²) in [4.78, 5) is 18.3. The van der Waals surface area contributed by atoms with Gasteiger partial charge in [-0.2, -0.15) is 0 Å². The quantitative estimate of drug-likeness (QED) is 0.849. The Labute approximate surface area is 102 Å². The van der Waals surface area contributed by atoms with E-state index in [0.717, 1.165) is 18.9 Å². The van der Waals surface area contributed by atoms with Crippen molar-refractivity contribution in [1.29, 1.82) is 0 Å². The molecule has 17 heavy (non-hydrogen) atoms. The summed E-state index contributed by atoms with van der Waals surface area (Å²) in [6.45, 7) is 10.0. The van der Waals surface area contributed by atoms with E-state index in [1.165, 1.54) is 0 Å². The lowest BCUT2D eigenvalue weighted by Crippen LogP contribution is -2.29. The summed E-state index contributed by atoms with van der Waals surface area (Å²) in [5.41, 5.74) is 0. The van der Waals surface area contributed by atoms with Crippen molar-refractivity contribution in [3.63, 3.8) is 0 Å². The van der Waals surface area contributed by atoms with Crippen molar-refractivity contribution >= 4 is 5.91 Å². The molecule has 1 aromatic heterocycles. The molecule has 0 saturated carbocycles. The third-order valence-electron chi connectivity index (χ3n) is 3.52. The van der Waals surface area contributed by atoms with E-state index in [1.54, 1.807) is 0 Å². The van der Waals surface area contributed by atoms with Crippen LogP contribution in [-0.2, 0) is 0 Å². The van der Waals surface area contributed by atoms with Gasteiger partial charge in [0.1, 0.15) is 5.82 Å². The summed E-state index contributed by atoms with van der Waals surface area (Å²) >= 11 is 0. The Morgan fingerprint density at radius 2 is 1.94 bits per heavy atom. The normalized spacial score (nSPS) is 24.6. The van der Waals surface area contributed by atoms with Crippen molar-refractivity contribution in [2.75, 3.05) is 13.1 Å². The maximum absolute atomic E-state index is 12.2. The van der Waals surface area contributed by atoms with E-state index >= 15 is 0 Å². The highest BCUT2D eigenvalue weighted by atomic mass is 16.2. The smallest absolute Gasteiger partial charge is 0.293 e. The van der Waals surface area contributed by atoms with Gasteiger partial charge in [0.05, 0.1) is 0 Å². The average Bonchev–Trinajstić information content (AvgIpc) is 2.86.